The van der Waals surface area contributed by atoms with Crippen LogP contribution in [0.2, 0.25) is 5.02 Å². The van der Waals surface area contributed by atoms with E-state index in [-0.39, 0.29) is 5.91 Å². The maximum Gasteiger partial charge on any atom is 0.230 e. The molecule has 3 nitrogen and oxygen atoms in total. The average Bonchev–Trinajstić information content (AvgIpc) is 2.34. The van der Waals surface area contributed by atoms with Crippen LogP contribution in [0.3, 0.4) is 0 Å². The monoisotopic (exact) mass is 272 g/mol. The SMILES string of the molecule is CNCCCNC(=O)CSc1ccccc1Cl. The number of hydrogen-bond donors (Lipinski definition) is 2. The summed E-state index contributed by atoms with van der Waals surface area (Å²) in [6.07, 6.45) is 0.943. The van der Waals surface area contributed by atoms with Gasteiger partial charge in [-0.05, 0) is 32.1 Å². The molecular weight excluding hydrogens is 256 g/mol. The Balaban J connectivity index is 2.22. The molecule has 0 aliphatic heterocycles. The van der Waals surface area contributed by atoms with Crippen molar-refractivity contribution in [3.63, 3.8) is 0 Å². The molecule has 1 amide bonds. The molecule has 0 aliphatic rings. The Bertz CT molecular complexity index is 360. The van der Waals surface area contributed by atoms with Gasteiger partial charge in [0.1, 0.15) is 0 Å². The number of halogens is 1. The van der Waals surface area contributed by atoms with Crippen molar-refractivity contribution in [1.82, 2.24) is 10.6 Å². The van der Waals surface area contributed by atoms with Gasteiger partial charge in [0.25, 0.3) is 0 Å². The van der Waals surface area contributed by atoms with Crippen molar-refractivity contribution in [2.45, 2.75) is 11.3 Å². The lowest BCUT2D eigenvalue weighted by Gasteiger charge is -2.05. The molecule has 2 N–H and O–H groups in total. The van der Waals surface area contributed by atoms with E-state index in [9.17, 15) is 4.79 Å². The van der Waals surface area contributed by atoms with Gasteiger partial charge in [0.05, 0.1) is 10.8 Å². The van der Waals surface area contributed by atoms with E-state index in [1.165, 1.54) is 11.8 Å². The predicted molar refractivity (Wildman–Crippen MR) is 73.7 cm³/mol. The maximum atomic E-state index is 11.5. The van der Waals surface area contributed by atoms with E-state index in [1.807, 2.05) is 31.3 Å². The molecule has 0 atom stereocenters. The highest BCUT2D eigenvalue weighted by molar-refractivity contribution is 8.00. The minimum atomic E-state index is 0.0472. The molecule has 1 aromatic carbocycles. The summed E-state index contributed by atoms with van der Waals surface area (Å²) >= 11 is 7.45. The first-order valence-electron chi connectivity index (χ1n) is 5.52. The van der Waals surface area contributed by atoms with Crippen molar-refractivity contribution < 1.29 is 4.79 Å². The lowest BCUT2D eigenvalue weighted by molar-refractivity contribution is -0.118. The number of carbonyl (C=O) groups is 1. The summed E-state index contributed by atoms with van der Waals surface area (Å²) in [6, 6.07) is 7.54. The molecule has 17 heavy (non-hydrogen) atoms. The number of carbonyl (C=O) groups excluding carboxylic acids is 1. The van der Waals surface area contributed by atoms with E-state index in [1.54, 1.807) is 0 Å². The fourth-order valence-corrected chi connectivity index (χ4v) is 2.32. The van der Waals surface area contributed by atoms with Crippen LogP contribution in [-0.4, -0.2) is 31.8 Å². The highest BCUT2D eigenvalue weighted by atomic mass is 35.5. The number of rotatable bonds is 7. The third-order valence-corrected chi connectivity index (χ3v) is 3.64. The van der Waals surface area contributed by atoms with E-state index in [0.29, 0.717) is 17.3 Å². The van der Waals surface area contributed by atoms with Crippen LogP contribution in [0.1, 0.15) is 6.42 Å². The van der Waals surface area contributed by atoms with Crippen LogP contribution in [0.5, 0.6) is 0 Å². The lowest BCUT2D eigenvalue weighted by atomic mass is 10.4. The summed E-state index contributed by atoms with van der Waals surface area (Å²) in [6.45, 7) is 1.63. The summed E-state index contributed by atoms with van der Waals surface area (Å²) in [5.74, 6) is 0.453. The molecule has 0 radical (unpaired) electrons. The normalized spacial score (nSPS) is 10.2. The van der Waals surface area contributed by atoms with Gasteiger partial charge in [-0.1, -0.05) is 23.7 Å². The summed E-state index contributed by atoms with van der Waals surface area (Å²) < 4.78 is 0. The molecule has 0 unspecified atom stereocenters. The largest absolute Gasteiger partial charge is 0.355 e. The minimum absolute atomic E-state index is 0.0472. The molecule has 0 bridgehead atoms. The smallest absolute Gasteiger partial charge is 0.230 e. The van der Waals surface area contributed by atoms with Crippen molar-refractivity contribution in [3.8, 4) is 0 Å². The molecule has 0 aliphatic carbocycles. The van der Waals surface area contributed by atoms with Crippen LogP contribution in [-0.2, 0) is 4.79 Å². The zero-order chi connectivity index (χ0) is 12.5. The molecule has 94 valence electrons. The molecule has 1 rings (SSSR count). The van der Waals surface area contributed by atoms with Crippen molar-refractivity contribution in [2.24, 2.45) is 0 Å². The van der Waals surface area contributed by atoms with Gasteiger partial charge >= 0.3 is 0 Å². The third-order valence-electron chi connectivity index (χ3n) is 2.12. The Morgan fingerprint density at radius 1 is 1.35 bits per heavy atom. The predicted octanol–water partition coefficient (Wildman–Crippen LogP) is 2.16. The van der Waals surface area contributed by atoms with Crippen LogP contribution in [0, 0.1) is 0 Å². The molecular formula is C12H17ClN2OS. The summed E-state index contributed by atoms with van der Waals surface area (Å²) in [5, 5.41) is 6.59. The zero-order valence-corrected chi connectivity index (χ0v) is 11.4. The van der Waals surface area contributed by atoms with Crippen LogP contribution in [0.15, 0.2) is 29.2 Å². The van der Waals surface area contributed by atoms with Gasteiger partial charge < -0.3 is 10.6 Å². The van der Waals surface area contributed by atoms with Crippen molar-refractivity contribution >= 4 is 29.3 Å². The molecule has 0 heterocycles. The van der Waals surface area contributed by atoms with Gasteiger partial charge in [-0.3, -0.25) is 4.79 Å². The number of nitrogens with one attached hydrogen (secondary N) is 2. The minimum Gasteiger partial charge on any atom is -0.355 e. The number of thioether (sulfide) groups is 1. The fourth-order valence-electron chi connectivity index (χ4n) is 1.25. The van der Waals surface area contributed by atoms with E-state index < -0.39 is 0 Å². The first-order valence-corrected chi connectivity index (χ1v) is 6.89. The van der Waals surface area contributed by atoms with Gasteiger partial charge in [0.15, 0.2) is 0 Å². The topological polar surface area (TPSA) is 41.1 Å². The lowest BCUT2D eigenvalue weighted by Crippen LogP contribution is -2.27. The van der Waals surface area contributed by atoms with Crippen LogP contribution in [0.4, 0.5) is 0 Å². The number of hydrogen-bond acceptors (Lipinski definition) is 3. The second-order valence-corrected chi connectivity index (χ2v) is 4.95. The van der Waals surface area contributed by atoms with Gasteiger partial charge in [0.2, 0.25) is 5.91 Å². The Kier molecular flexibility index (Phi) is 7.08. The summed E-state index contributed by atoms with van der Waals surface area (Å²) in [5.41, 5.74) is 0. The van der Waals surface area contributed by atoms with E-state index >= 15 is 0 Å². The second-order valence-electron chi connectivity index (χ2n) is 3.53. The maximum absolute atomic E-state index is 11.5. The quantitative estimate of drug-likeness (QED) is 0.590. The highest BCUT2D eigenvalue weighted by Crippen LogP contribution is 2.26. The third kappa shape index (κ3) is 5.96. The van der Waals surface area contributed by atoms with E-state index in [2.05, 4.69) is 10.6 Å². The van der Waals surface area contributed by atoms with E-state index in [0.717, 1.165) is 17.9 Å². The Morgan fingerprint density at radius 2 is 2.12 bits per heavy atom. The molecule has 0 spiro atoms. The average molecular weight is 273 g/mol. The number of benzene rings is 1. The molecule has 0 fully saturated rings. The van der Waals surface area contributed by atoms with Gasteiger partial charge in [-0.2, -0.15) is 0 Å². The molecule has 0 saturated carbocycles. The Morgan fingerprint density at radius 3 is 2.82 bits per heavy atom. The van der Waals surface area contributed by atoms with Crippen molar-refractivity contribution in [2.75, 3.05) is 25.9 Å². The molecule has 0 aromatic heterocycles. The first kappa shape index (κ1) is 14.4. The molecule has 1 aromatic rings. The Hall–Kier alpha value is -0.710. The van der Waals surface area contributed by atoms with Crippen LogP contribution >= 0.6 is 23.4 Å². The van der Waals surface area contributed by atoms with Crippen molar-refractivity contribution in [3.05, 3.63) is 29.3 Å². The van der Waals surface area contributed by atoms with E-state index in [4.69, 9.17) is 11.6 Å². The van der Waals surface area contributed by atoms with Crippen LogP contribution < -0.4 is 10.6 Å². The van der Waals surface area contributed by atoms with Gasteiger partial charge in [-0.25, -0.2) is 0 Å². The summed E-state index contributed by atoms with van der Waals surface area (Å²) in [7, 11) is 1.90. The molecule has 0 saturated heterocycles. The fraction of sp³-hybridized carbons (Fsp3) is 0.417. The summed E-state index contributed by atoms with van der Waals surface area (Å²) in [4.78, 5) is 12.4. The highest BCUT2D eigenvalue weighted by Gasteiger charge is 2.04. The second kappa shape index (κ2) is 8.39. The molecule has 5 heteroatoms. The van der Waals surface area contributed by atoms with Gasteiger partial charge in [0, 0.05) is 11.4 Å². The number of amides is 1. The first-order chi connectivity index (χ1) is 8.24. The zero-order valence-electron chi connectivity index (χ0n) is 9.83. The van der Waals surface area contributed by atoms with Gasteiger partial charge in [-0.15, -0.1) is 11.8 Å². The standard InChI is InChI=1S/C12H17ClN2OS/c1-14-7-4-8-15-12(16)9-17-11-6-3-2-5-10(11)13/h2-3,5-6,14H,4,7-9H2,1H3,(H,15,16). The van der Waals surface area contributed by atoms with Crippen LogP contribution in [0.25, 0.3) is 0 Å². The van der Waals surface area contributed by atoms with Crippen molar-refractivity contribution in [1.29, 1.82) is 0 Å². The Labute approximate surface area is 111 Å².